The van der Waals surface area contributed by atoms with Crippen molar-refractivity contribution in [1.82, 2.24) is 0 Å². The smallest absolute Gasteiger partial charge is 0.340 e. The number of hydrogen-bond acceptors (Lipinski definition) is 5. The van der Waals surface area contributed by atoms with Crippen LogP contribution in [0.3, 0.4) is 0 Å². The minimum atomic E-state index is -0.669. The summed E-state index contributed by atoms with van der Waals surface area (Å²) < 4.78 is 17.0. The van der Waals surface area contributed by atoms with Crippen LogP contribution in [0.4, 0.5) is 0 Å². The maximum absolute atomic E-state index is 12.4. The van der Waals surface area contributed by atoms with E-state index in [0.717, 1.165) is 10.9 Å². The minimum absolute atomic E-state index is 0.336. The van der Waals surface area contributed by atoms with Crippen LogP contribution in [-0.4, -0.2) is 17.7 Å². The summed E-state index contributed by atoms with van der Waals surface area (Å²) in [6.07, 6.45) is 1.88. The maximum Gasteiger partial charge on any atom is 0.340 e. The lowest BCUT2D eigenvalue weighted by molar-refractivity contribution is -0.158. The van der Waals surface area contributed by atoms with Crippen molar-refractivity contribution in [2.24, 2.45) is 0 Å². The Kier molecular flexibility index (Phi) is 4.21. The van der Waals surface area contributed by atoms with Gasteiger partial charge < -0.3 is 13.9 Å². The largest absolute Gasteiger partial charge is 0.484 e. The molecule has 1 aliphatic heterocycles. The van der Waals surface area contributed by atoms with Crippen LogP contribution in [0.15, 0.2) is 40.1 Å². The Hall–Kier alpha value is -2.56. The predicted octanol–water partition coefficient (Wildman–Crippen LogP) is 3.90. The van der Waals surface area contributed by atoms with Gasteiger partial charge in [0.25, 0.3) is 0 Å². The average molecular weight is 356 g/mol. The van der Waals surface area contributed by atoms with Gasteiger partial charge in [-0.3, -0.25) is 4.79 Å². The standard InChI is InChI=1S/C21H24O5/c1-7-20(3,4)15-9-13-8-14-10-18(24-12(2)22)21(5,6)26-17(14)11-16(13)25-19(15)23/h7-9,11,18H,1,10H2,2-6H3/t18-/m1/s1. The number of ether oxygens (including phenoxy) is 2. The number of rotatable bonds is 3. The third-order valence-electron chi connectivity index (χ3n) is 4.98. The van der Waals surface area contributed by atoms with E-state index < -0.39 is 11.0 Å². The highest BCUT2D eigenvalue weighted by molar-refractivity contribution is 5.80. The molecule has 1 atom stereocenters. The fourth-order valence-corrected chi connectivity index (χ4v) is 3.19. The second-order valence-corrected chi connectivity index (χ2v) is 7.88. The van der Waals surface area contributed by atoms with Crippen molar-refractivity contribution in [3.8, 4) is 5.75 Å². The molecule has 0 saturated carbocycles. The summed E-state index contributed by atoms with van der Waals surface area (Å²) in [6, 6.07) is 5.51. The fourth-order valence-electron chi connectivity index (χ4n) is 3.19. The van der Waals surface area contributed by atoms with E-state index in [0.29, 0.717) is 23.3 Å². The summed E-state index contributed by atoms with van der Waals surface area (Å²) in [5, 5.41) is 0.804. The lowest BCUT2D eigenvalue weighted by atomic mass is 9.85. The van der Waals surface area contributed by atoms with Crippen LogP contribution in [0, 0.1) is 0 Å². The van der Waals surface area contributed by atoms with Crippen LogP contribution in [0.1, 0.15) is 45.7 Å². The second-order valence-electron chi connectivity index (χ2n) is 7.88. The Morgan fingerprint density at radius 2 is 2.04 bits per heavy atom. The molecule has 0 bridgehead atoms. The highest BCUT2D eigenvalue weighted by atomic mass is 16.6. The summed E-state index contributed by atoms with van der Waals surface area (Å²) in [5.41, 5.74) is 0.392. The second kappa shape index (κ2) is 6.01. The summed E-state index contributed by atoms with van der Waals surface area (Å²) in [5.74, 6) is 0.307. The zero-order chi connectivity index (χ0) is 19.3. The van der Waals surface area contributed by atoms with E-state index in [1.807, 2.05) is 39.8 Å². The molecule has 0 radical (unpaired) electrons. The van der Waals surface area contributed by atoms with Gasteiger partial charge in [0.1, 0.15) is 23.0 Å². The van der Waals surface area contributed by atoms with Crippen molar-refractivity contribution in [1.29, 1.82) is 0 Å². The molecule has 0 aliphatic carbocycles. The van der Waals surface area contributed by atoms with Crippen LogP contribution < -0.4 is 10.4 Å². The molecule has 26 heavy (non-hydrogen) atoms. The van der Waals surface area contributed by atoms with E-state index >= 15 is 0 Å². The van der Waals surface area contributed by atoms with Crippen molar-refractivity contribution in [3.05, 3.63) is 52.4 Å². The molecule has 5 heteroatoms. The van der Waals surface area contributed by atoms with Crippen LogP contribution in [-0.2, 0) is 21.4 Å². The summed E-state index contributed by atoms with van der Waals surface area (Å²) >= 11 is 0. The highest BCUT2D eigenvalue weighted by Crippen LogP contribution is 2.38. The van der Waals surface area contributed by atoms with Crippen molar-refractivity contribution in [2.45, 2.75) is 58.2 Å². The Balaban J connectivity index is 2.13. The monoisotopic (exact) mass is 356 g/mol. The molecule has 0 fully saturated rings. The van der Waals surface area contributed by atoms with Gasteiger partial charge in [0.15, 0.2) is 0 Å². The molecule has 2 heterocycles. The van der Waals surface area contributed by atoms with Gasteiger partial charge in [0.05, 0.1) is 0 Å². The van der Waals surface area contributed by atoms with Crippen molar-refractivity contribution in [2.75, 3.05) is 0 Å². The Labute approximate surface area is 152 Å². The molecule has 3 rings (SSSR count). The van der Waals surface area contributed by atoms with Gasteiger partial charge in [-0.25, -0.2) is 4.79 Å². The van der Waals surface area contributed by atoms with Gasteiger partial charge in [-0.1, -0.05) is 19.9 Å². The number of esters is 1. The molecule has 5 nitrogen and oxygen atoms in total. The van der Waals surface area contributed by atoms with E-state index in [2.05, 4.69) is 6.58 Å². The fraction of sp³-hybridized carbons (Fsp3) is 0.429. The first-order valence-electron chi connectivity index (χ1n) is 8.64. The number of allylic oxidation sites excluding steroid dienone is 1. The quantitative estimate of drug-likeness (QED) is 0.474. The summed E-state index contributed by atoms with van der Waals surface area (Å²) in [4.78, 5) is 23.8. The van der Waals surface area contributed by atoms with Gasteiger partial charge in [-0.15, -0.1) is 6.58 Å². The Bertz CT molecular complexity index is 949. The maximum atomic E-state index is 12.4. The van der Waals surface area contributed by atoms with E-state index in [1.165, 1.54) is 6.92 Å². The third-order valence-corrected chi connectivity index (χ3v) is 4.98. The van der Waals surface area contributed by atoms with Gasteiger partial charge in [-0.05, 0) is 31.5 Å². The normalized spacial score (nSPS) is 18.7. The third kappa shape index (κ3) is 3.14. The van der Waals surface area contributed by atoms with Crippen molar-refractivity contribution in [3.63, 3.8) is 0 Å². The molecular weight excluding hydrogens is 332 g/mol. The van der Waals surface area contributed by atoms with E-state index in [4.69, 9.17) is 13.9 Å². The molecule has 0 spiro atoms. The molecule has 0 amide bonds. The predicted molar refractivity (Wildman–Crippen MR) is 99.7 cm³/mol. The van der Waals surface area contributed by atoms with Crippen LogP contribution >= 0.6 is 0 Å². The molecule has 1 aromatic carbocycles. The zero-order valence-electron chi connectivity index (χ0n) is 15.8. The molecule has 1 aliphatic rings. The van der Waals surface area contributed by atoms with Crippen molar-refractivity contribution < 1.29 is 18.7 Å². The first-order chi connectivity index (χ1) is 12.0. The topological polar surface area (TPSA) is 65.7 Å². The summed E-state index contributed by atoms with van der Waals surface area (Å²) in [7, 11) is 0. The minimum Gasteiger partial charge on any atom is -0.484 e. The number of hydrogen-bond donors (Lipinski definition) is 0. The van der Waals surface area contributed by atoms with Crippen molar-refractivity contribution >= 4 is 16.9 Å². The zero-order valence-corrected chi connectivity index (χ0v) is 15.8. The number of carbonyl (C=O) groups excluding carboxylic acids is 1. The van der Waals surface area contributed by atoms with Crippen LogP contribution in [0.2, 0.25) is 0 Å². The number of carbonyl (C=O) groups is 1. The van der Waals surface area contributed by atoms with Gasteiger partial charge in [0, 0.05) is 35.8 Å². The van der Waals surface area contributed by atoms with Gasteiger partial charge >= 0.3 is 11.6 Å². The van der Waals surface area contributed by atoms with E-state index in [1.54, 1.807) is 12.1 Å². The van der Waals surface area contributed by atoms with Crippen LogP contribution in [0.5, 0.6) is 5.75 Å². The highest BCUT2D eigenvalue weighted by Gasteiger charge is 2.39. The average Bonchev–Trinajstić information content (AvgIpc) is 2.52. The van der Waals surface area contributed by atoms with Crippen LogP contribution in [0.25, 0.3) is 11.0 Å². The molecular formula is C21H24O5. The lowest BCUT2D eigenvalue weighted by Crippen LogP contribution is -2.48. The molecule has 2 aromatic rings. The van der Waals surface area contributed by atoms with Gasteiger partial charge in [0.2, 0.25) is 0 Å². The number of fused-ring (bicyclic) bond motifs is 2. The molecule has 0 unspecified atom stereocenters. The van der Waals surface area contributed by atoms with E-state index in [-0.39, 0.29) is 17.7 Å². The van der Waals surface area contributed by atoms with Gasteiger partial charge in [-0.2, -0.15) is 0 Å². The SMILES string of the molecule is C=CC(C)(C)c1cc2cc3c(cc2oc1=O)OC(C)(C)[C@H](OC(C)=O)C3. The molecule has 1 aromatic heterocycles. The molecule has 0 N–H and O–H groups in total. The van der Waals surface area contributed by atoms with E-state index in [9.17, 15) is 9.59 Å². The lowest BCUT2D eigenvalue weighted by Gasteiger charge is -2.39. The summed E-state index contributed by atoms with van der Waals surface area (Å²) in [6.45, 7) is 12.8. The molecule has 138 valence electrons. The molecule has 0 saturated heterocycles. The number of benzene rings is 1. The first kappa shape index (κ1) is 18.2. The Morgan fingerprint density at radius 3 is 2.65 bits per heavy atom. The first-order valence-corrected chi connectivity index (χ1v) is 8.64. The Morgan fingerprint density at radius 1 is 1.35 bits per heavy atom.